The second-order valence-corrected chi connectivity index (χ2v) is 6.94. The monoisotopic (exact) mass is 354 g/mol. The molecule has 116 valence electrons. The van der Waals surface area contributed by atoms with Crippen LogP contribution in [0.5, 0.6) is 0 Å². The third-order valence-electron chi connectivity index (χ3n) is 3.02. The van der Waals surface area contributed by atoms with Crippen molar-refractivity contribution in [3.05, 3.63) is 32.3 Å². The molecule has 21 heavy (non-hydrogen) atoms. The molecule has 1 atom stereocenters. The summed E-state index contributed by atoms with van der Waals surface area (Å²) in [6, 6.07) is 2.19. The molecule has 10 heteroatoms. The van der Waals surface area contributed by atoms with Crippen LogP contribution in [0.15, 0.2) is 17.0 Å². The van der Waals surface area contributed by atoms with E-state index in [9.17, 15) is 18.5 Å². The number of nitro benzene ring substituents is 1. The Balaban J connectivity index is 2.30. The molecule has 1 aromatic rings. The van der Waals surface area contributed by atoms with Gasteiger partial charge in [0.05, 0.1) is 16.0 Å². The maximum absolute atomic E-state index is 12.2. The van der Waals surface area contributed by atoms with Gasteiger partial charge in [-0.05, 0) is 18.9 Å². The first kappa shape index (κ1) is 16.4. The van der Waals surface area contributed by atoms with Gasteiger partial charge in [-0.15, -0.1) is 0 Å². The van der Waals surface area contributed by atoms with Gasteiger partial charge < -0.3 is 4.74 Å². The zero-order valence-corrected chi connectivity index (χ0v) is 13.0. The van der Waals surface area contributed by atoms with Crippen LogP contribution in [0.4, 0.5) is 5.69 Å². The SMILES string of the molecule is O=[N+]([O-])c1ccc(Cl)c(S(=O)(=O)NC[C@@H]2CCCO2)c1Cl. The smallest absolute Gasteiger partial charge is 0.289 e. The predicted molar refractivity (Wildman–Crippen MR) is 77.3 cm³/mol. The molecule has 7 nitrogen and oxygen atoms in total. The number of halogens is 2. The van der Waals surface area contributed by atoms with Gasteiger partial charge in [0.2, 0.25) is 10.0 Å². The summed E-state index contributed by atoms with van der Waals surface area (Å²) in [5, 5.41) is 10.1. The van der Waals surface area contributed by atoms with E-state index in [2.05, 4.69) is 4.72 Å². The number of nitrogens with zero attached hydrogens (tertiary/aromatic N) is 1. The van der Waals surface area contributed by atoms with E-state index >= 15 is 0 Å². The zero-order valence-electron chi connectivity index (χ0n) is 10.7. The molecule has 0 spiro atoms. The highest BCUT2D eigenvalue weighted by atomic mass is 35.5. The quantitative estimate of drug-likeness (QED) is 0.646. The lowest BCUT2D eigenvalue weighted by Gasteiger charge is -2.13. The van der Waals surface area contributed by atoms with E-state index in [0.29, 0.717) is 6.61 Å². The van der Waals surface area contributed by atoms with Crippen LogP contribution < -0.4 is 4.72 Å². The molecule has 2 rings (SSSR count). The fourth-order valence-corrected chi connectivity index (χ4v) is 4.25. The largest absolute Gasteiger partial charge is 0.377 e. The minimum Gasteiger partial charge on any atom is -0.377 e. The summed E-state index contributed by atoms with van der Waals surface area (Å²) in [6.45, 7) is 0.655. The fourth-order valence-electron chi connectivity index (χ4n) is 1.99. The van der Waals surface area contributed by atoms with Gasteiger partial charge in [0.25, 0.3) is 5.69 Å². The predicted octanol–water partition coefficient (Wildman–Crippen LogP) is 2.36. The molecule has 1 fully saturated rings. The molecule has 0 bridgehead atoms. The first-order valence-corrected chi connectivity index (χ1v) is 8.30. The Morgan fingerprint density at radius 3 is 2.71 bits per heavy atom. The highest BCUT2D eigenvalue weighted by Crippen LogP contribution is 2.36. The van der Waals surface area contributed by atoms with Crippen LogP contribution in [0, 0.1) is 10.1 Å². The fraction of sp³-hybridized carbons (Fsp3) is 0.455. The molecule has 0 saturated carbocycles. The van der Waals surface area contributed by atoms with Crippen LogP contribution in [0.25, 0.3) is 0 Å². The molecule has 1 aliphatic heterocycles. The number of nitro groups is 1. The van der Waals surface area contributed by atoms with Gasteiger partial charge in [-0.3, -0.25) is 10.1 Å². The molecule has 1 N–H and O–H groups in total. The summed E-state index contributed by atoms with van der Waals surface area (Å²) in [7, 11) is -4.06. The maximum Gasteiger partial charge on any atom is 0.289 e. The number of ether oxygens (including phenoxy) is 1. The topological polar surface area (TPSA) is 98.5 Å². The second kappa shape index (κ2) is 6.45. The first-order valence-electron chi connectivity index (χ1n) is 6.06. The highest BCUT2D eigenvalue weighted by Gasteiger charge is 2.29. The van der Waals surface area contributed by atoms with Gasteiger partial charge in [-0.2, -0.15) is 0 Å². The molecule has 1 saturated heterocycles. The first-order chi connectivity index (χ1) is 9.83. The van der Waals surface area contributed by atoms with Gasteiger partial charge in [0.15, 0.2) is 0 Å². The Hall–Kier alpha value is -0.930. The van der Waals surface area contributed by atoms with E-state index < -0.39 is 30.6 Å². The summed E-state index contributed by atoms with van der Waals surface area (Å²) in [5.41, 5.74) is -0.515. The molecular formula is C11H12Cl2N2O5S. The minimum atomic E-state index is -4.06. The second-order valence-electron chi connectivity index (χ2n) is 4.45. The van der Waals surface area contributed by atoms with Crippen LogP contribution in [0.2, 0.25) is 10.0 Å². The van der Waals surface area contributed by atoms with E-state index in [1.807, 2.05) is 0 Å². The lowest BCUT2D eigenvalue weighted by Crippen LogP contribution is -2.32. The number of hydrogen-bond acceptors (Lipinski definition) is 5. The molecule has 0 aromatic heterocycles. The van der Waals surface area contributed by atoms with E-state index in [-0.39, 0.29) is 17.7 Å². The Morgan fingerprint density at radius 1 is 1.43 bits per heavy atom. The van der Waals surface area contributed by atoms with Gasteiger partial charge >= 0.3 is 0 Å². The van der Waals surface area contributed by atoms with Crippen LogP contribution in [0.1, 0.15) is 12.8 Å². The standard InChI is InChI=1S/C11H12Cl2N2O5S/c12-8-3-4-9(15(16)17)10(13)11(8)21(18,19)14-6-7-2-1-5-20-7/h3-4,7,14H,1-2,5-6H2/t7-/m0/s1. The maximum atomic E-state index is 12.2. The van der Waals surface area contributed by atoms with Crippen molar-refractivity contribution in [3.63, 3.8) is 0 Å². The summed E-state index contributed by atoms with van der Waals surface area (Å²) in [6.07, 6.45) is 1.40. The van der Waals surface area contributed by atoms with Crippen molar-refractivity contribution in [1.29, 1.82) is 0 Å². The molecule has 1 aromatic carbocycles. The molecule has 0 unspecified atom stereocenters. The summed E-state index contributed by atoms with van der Waals surface area (Å²) in [4.78, 5) is 9.57. The Kier molecular flexibility index (Phi) is 5.05. The third-order valence-corrected chi connectivity index (χ3v) is 5.45. The van der Waals surface area contributed by atoms with Crippen molar-refractivity contribution >= 4 is 38.9 Å². The number of hydrogen-bond donors (Lipinski definition) is 1. The lowest BCUT2D eigenvalue weighted by molar-refractivity contribution is -0.384. The number of sulfonamides is 1. The average Bonchev–Trinajstić information content (AvgIpc) is 2.89. The van der Waals surface area contributed by atoms with Crippen LogP contribution in [-0.2, 0) is 14.8 Å². The van der Waals surface area contributed by atoms with Crippen molar-refractivity contribution in [2.45, 2.75) is 23.8 Å². The Labute approximate surface area is 131 Å². The van der Waals surface area contributed by atoms with E-state index in [1.165, 1.54) is 0 Å². The average molecular weight is 355 g/mol. The van der Waals surface area contributed by atoms with Crippen molar-refractivity contribution in [2.24, 2.45) is 0 Å². The zero-order chi connectivity index (χ0) is 15.6. The van der Waals surface area contributed by atoms with Gasteiger partial charge in [0, 0.05) is 19.2 Å². The van der Waals surface area contributed by atoms with Crippen LogP contribution >= 0.6 is 23.2 Å². The summed E-state index contributed by atoms with van der Waals surface area (Å²) >= 11 is 11.6. The van der Waals surface area contributed by atoms with Gasteiger partial charge in [0.1, 0.15) is 9.92 Å². The molecule has 1 aliphatic rings. The highest BCUT2D eigenvalue weighted by molar-refractivity contribution is 7.89. The van der Waals surface area contributed by atoms with Crippen LogP contribution in [-0.4, -0.2) is 32.6 Å². The van der Waals surface area contributed by atoms with Crippen molar-refractivity contribution in [2.75, 3.05) is 13.2 Å². The van der Waals surface area contributed by atoms with Gasteiger partial charge in [-0.25, -0.2) is 13.1 Å². The van der Waals surface area contributed by atoms with Crippen molar-refractivity contribution < 1.29 is 18.1 Å². The molecule has 1 heterocycles. The normalized spacial score (nSPS) is 18.9. The molecule has 0 radical (unpaired) electrons. The molecular weight excluding hydrogens is 343 g/mol. The number of rotatable bonds is 5. The summed E-state index contributed by atoms with van der Waals surface area (Å²) < 4.78 is 32.1. The van der Waals surface area contributed by atoms with E-state index in [4.69, 9.17) is 27.9 Å². The lowest BCUT2D eigenvalue weighted by atomic mass is 10.2. The van der Waals surface area contributed by atoms with E-state index in [1.54, 1.807) is 0 Å². The minimum absolute atomic E-state index is 0.0671. The Morgan fingerprint density at radius 2 is 2.14 bits per heavy atom. The van der Waals surface area contributed by atoms with E-state index in [0.717, 1.165) is 25.0 Å². The van der Waals surface area contributed by atoms with Crippen molar-refractivity contribution in [3.8, 4) is 0 Å². The van der Waals surface area contributed by atoms with Crippen LogP contribution in [0.3, 0.4) is 0 Å². The van der Waals surface area contributed by atoms with Gasteiger partial charge in [-0.1, -0.05) is 23.2 Å². The Bertz CT molecular complexity index is 659. The van der Waals surface area contributed by atoms with Crippen molar-refractivity contribution in [1.82, 2.24) is 4.72 Å². The third kappa shape index (κ3) is 3.64. The molecule has 0 aliphatic carbocycles. The number of nitrogens with one attached hydrogen (secondary N) is 1. The summed E-state index contributed by atoms with van der Waals surface area (Å²) in [5.74, 6) is 0. The number of benzene rings is 1. The molecule has 0 amide bonds.